The zero-order chi connectivity index (χ0) is 17.8. The summed E-state index contributed by atoms with van der Waals surface area (Å²) >= 11 is 0. The van der Waals surface area contributed by atoms with Crippen LogP contribution >= 0.6 is 0 Å². The average Bonchev–Trinajstić information content (AvgIpc) is 3.31. The maximum absolute atomic E-state index is 5.47. The SMILES string of the molecule is COc1ccccc1CNCC(NC1CC2CCC1C2)c1ccccc1. The monoisotopic (exact) mass is 350 g/mol. The molecule has 2 aromatic carbocycles. The molecule has 0 aliphatic heterocycles. The fraction of sp³-hybridized carbons (Fsp3) is 0.478. The minimum atomic E-state index is 0.357. The van der Waals surface area contributed by atoms with Crippen LogP contribution < -0.4 is 15.4 Å². The predicted octanol–water partition coefficient (Wildman–Crippen LogP) is 4.30. The topological polar surface area (TPSA) is 33.3 Å². The van der Waals surface area contributed by atoms with Gasteiger partial charge in [0.15, 0.2) is 0 Å². The summed E-state index contributed by atoms with van der Waals surface area (Å²) < 4.78 is 5.47. The molecule has 0 heterocycles. The van der Waals surface area contributed by atoms with Crippen LogP contribution in [0.1, 0.15) is 42.9 Å². The van der Waals surface area contributed by atoms with Gasteiger partial charge in [-0.05, 0) is 42.7 Å². The first-order valence-corrected chi connectivity index (χ1v) is 9.97. The van der Waals surface area contributed by atoms with Gasteiger partial charge >= 0.3 is 0 Å². The molecule has 2 N–H and O–H groups in total. The lowest BCUT2D eigenvalue weighted by Gasteiger charge is -2.29. The van der Waals surface area contributed by atoms with Crippen molar-refractivity contribution in [1.29, 1.82) is 0 Å². The molecule has 0 amide bonds. The molecule has 2 bridgehead atoms. The summed E-state index contributed by atoms with van der Waals surface area (Å²) in [6.07, 6.45) is 5.66. The van der Waals surface area contributed by atoms with Gasteiger partial charge in [-0.15, -0.1) is 0 Å². The Bertz CT molecular complexity index is 702. The lowest BCUT2D eigenvalue weighted by molar-refractivity contribution is 0.313. The van der Waals surface area contributed by atoms with Crippen molar-refractivity contribution in [2.75, 3.05) is 13.7 Å². The van der Waals surface area contributed by atoms with E-state index in [1.165, 1.54) is 36.8 Å². The van der Waals surface area contributed by atoms with Gasteiger partial charge in [0.05, 0.1) is 7.11 Å². The Hall–Kier alpha value is -1.84. The van der Waals surface area contributed by atoms with Gasteiger partial charge in [-0.2, -0.15) is 0 Å². The van der Waals surface area contributed by atoms with Gasteiger partial charge in [0.2, 0.25) is 0 Å². The maximum atomic E-state index is 5.47. The standard InChI is InChI=1S/C23H30N2O/c1-26-23-10-6-5-9-20(23)15-24-16-22(18-7-3-2-4-8-18)25-21-14-17-11-12-19(21)13-17/h2-10,17,19,21-22,24-25H,11-16H2,1H3. The van der Waals surface area contributed by atoms with E-state index in [2.05, 4.69) is 53.1 Å². The Morgan fingerprint density at radius 1 is 1.00 bits per heavy atom. The Morgan fingerprint density at radius 2 is 1.81 bits per heavy atom. The van der Waals surface area contributed by atoms with Crippen molar-refractivity contribution in [3.63, 3.8) is 0 Å². The second-order valence-electron chi connectivity index (χ2n) is 7.85. The van der Waals surface area contributed by atoms with Crippen LogP contribution in [-0.4, -0.2) is 19.7 Å². The smallest absolute Gasteiger partial charge is 0.123 e. The van der Waals surface area contributed by atoms with Crippen LogP contribution in [0.25, 0.3) is 0 Å². The number of benzene rings is 2. The van der Waals surface area contributed by atoms with Crippen LogP contribution in [0, 0.1) is 11.8 Å². The third kappa shape index (κ3) is 3.94. The van der Waals surface area contributed by atoms with E-state index in [1.54, 1.807) is 7.11 Å². The quantitative estimate of drug-likeness (QED) is 0.744. The van der Waals surface area contributed by atoms with Crippen LogP contribution in [0.2, 0.25) is 0 Å². The lowest BCUT2D eigenvalue weighted by Crippen LogP contribution is -2.41. The van der Waals surface area contributed by atoms with Crippen molar-refractivity contribution < 1.29 is 4.74 Å². The molecule has 4 unspecified atom stereocenters. The predicted molar refractivity (Wildman–Crippen MR) is 106 cm³/mol. The first kappa shape index (κ1) is 17.6. The van der Waals surface area contributed by atoms with E-state index in [0.717, 1.165) is 30.7 Å². The summed E-state index contributed by atoms with van der Waals surface area (Å²) in [5.74, 6) is 2.81. The van der Waals surface area contributed by atoms with Crippen molar-refractivity contribution in [1.82, 2.24) is 10.6 Å². The molecule has 2 saturated carbocycles. The molecule has 26 heavy (non-hydrogen) atoms. The number of rotatable bonds is 8. The van der Waals surface area contributed by atoms with Crippen molar-refractivity contribution in [2.24, 2.45) is 11.8 Å². The molecule has 2 aliphatic rings. The molecule has 138 valence electrons. The molecule has 2 aromatic rings. The number of nitrogens with one attached hydrogen (secondary N) is 2. The molecular formula is C23H30N2O. The van der Waals surface area contributed by atoms with Crippen molar-refractivity contribution in [2.45, 2.75) is 44.3 Å². The van der Waals surface area contributed by atoms with Gasteiger partial charge in [-0.25, -0.2) is 0 Å². The Kier molecular flexibility index (Phi) is 5.57. The number of hydrogen-bond acceptors (Lipinski definition) is 3. The van der Waals surface area contributed by atoms with Gasteiger partial charge < -0.3 is 15.4 Å². The maximum Gasteiger partial charge on any atom is 0.123 e. The first-order valence-electron chi connectivity index (χ1n) is 9.97. The van der Waals surface area contributed by atoms with Gasteiger partial charge in [0.25, 0.3) is 0 Å². The van der Waals surface area contributed by atoms with Gasteiger partial charge in [-0.1, -0.05) is 55.0 Å². The summed E-state index contributed by atoms with van der Waals surface area (Å²) in [6, 6.07) is 20.2. The number of fused-ring (bicyclic) bond motifs is 2. The van der Waals surface area contributed by atoms with E-state index in [0.29, 0.717) is 12.1 Å². The van der Waals surface area contributed by atoms with Gasteiger partial charge in [0, 0.05) is 30.7 Å². The first-order chi connectivity index (χ1) is 12.8. The van der Waals surface area contributed by atoms with Crippen molar-refractivity contribution in [3.05, 3.63) is 65.7 Å². The number of ether oxygens (including phenoxy) is 1. The summed E-state index contributed by atoms with van der Waals surface area (Å²) in [6.45, 7) is 1.75. The van der Waals surface area contributed by atoms with E-state index in [4.69, 9.17) is 4.74 Å². The number of hydrogen-bond donors (Lipinski definition) is 2. The van der Waals surface area contributed by atoms with E-state index >= 15 is 0 Å². The second kappa shape index (κ2) is 8.24. The van der Waals surface area contributed by atoms with Crippen LogP contribution in [0.5, 0.6) is 5.75 Å². The van der Waals surface area contributed by atoms with E-state index in [9.17, 15) is 0 Å². The average molecular weight is 351 g/mol. The summed E-state index contributed by atoms with van der Waals surface area (Å²) in [7, 11) is 1.74. The molecule has 2 aliphatic carbocycles. The minimum absolute atomic E-state index is 0.357. The molecule has 0 saturated heterocycles. The third-order valence-electron chi connectivity index (χ3n) is 6.21. The molecule has 0 aromatic heterocycles. The highest BCUT2D eigenvalue weighted by molar-refractivity contribution is 5.33. The molecule has 0 spiro atoms. The number of methoxy groups -OCH3 is 1. The molecule has 4 rings (SSSR count). The van der Waals surface area contributed by atoms with Crippen LogP contribution in [0.4, 0.5) is 0 Å². The Morgan fingerprint density at radius 3 is 2.54 bits per heavy atom. The summed E-state index contributed by atoms with van der Waals surface area (Å²) in [4.78, 5) is 0. The normalized spacial score (nSPS) is 25.3. The fourth-order valence-corrected chi connectivity index (χ4v) is 4.87. The molecule has 3 nitrogen and oxygen atoms in total. The lowest BCUT2D eigenvalue weighted by atomic mass is 9.93. The minimum Gasteiger partial charge on any atom is -0.496 e. The summed E-state index contributed by atoms with van der Waals surface area (Å²) in [5, 5.41) is 7.64. The van der Waals surface area contributed by atoms with Crippen LogP contribution in [0.15, 0.2) is 54.6 Å². The zero-order valence-electron chi connectivity index (χ0n) is 15.7. The highest BCUT2D eigenvalue weighted by atomic mass is 16.5. The van der Waals surface area contributed by atoms with Crippen molar-refractivity contribution >= 4 is 0 Å². The molecule has 0 radical (unpaired) electrons. The Labute approximate surface area is 157 Å². The zero-order valence-corrected chi connectivity index (χ0v) is 15.7. The van der Waals surface area contributed by atoms with Crippen molar-refractivity contribution in [3.8, 4) is 5.75 Å². The second-order valence-corrected chi connectivity index (χ2v) is 7.85. The Balaban J connectivity index is 1.40. The fourth-order valence-electron chi connectivity index (χ4n) is 4.87. The van der Waals surface area contributed by atoms with E-state index in [1.807, 2.05) is 12.1 Å². The van der Waals surface area contributed by atoms with Crippen LogP contribution in [-0.2, 0) is 6.54 Å². The third-order valence-corrected chi connectivity index (χ3v) is 6.21. The summed E-state index contributed by atoms with van der Waals surface area (Å²) in [5.41, 5.74) is 2.59. The molecule has 3 heteroatoms. The number of para-hydroxylation sites is 1. The molecular weight excluding hydrogens is 320 g/mol. The van der Waals surface area contributed by atoms with E-state index in [-0.39, 0.29) is 0 Å². The highest BCUT2D eigenvalue weighted by Crippen LogP contribution is 2.45. The van der Waals surface area contributed by atoms with Crippen LogP contribution in [0.3, 0.4) is 0 Å². The highest BCUT2D eigenvalue weighted by Gasteiger charge is 2.40. The molecule has 2 fully saturated rings. The van der Waals surface area contributed by atoms with Gasteiger partial charge in [0.1, 0.15) is 5.75 Å². The molecule has 4 atom stereocenters. The van der Waals surface area contributed by atoms with E-state index < -0.39 is 0 Å². The van der Waals surface area contributed by atoms with Gasteiger partial charge in [-0.3, -0.25) is 0 Å². The largest absolute Gasteiger partial charge is 0.496 e.